The molecule has 5 aliphatic heterocycles. The first kappa shape index (κ1) is 96.1. The smallest absolute Gasteiger partial charge is 0.283 e. The molecule has 4 N–H and O–H groups in total. The van der Waals surface area contributed by atoms with E-state index in [1.54, 1.807) is 51.2 Å². The molecule has 29 nitrogen and oxygen atoms in total. The number of β-amino-alcohol motifs (C(OH)–C–C–N with tert-alkyl or cyclic N) is 4. The first-order valence-corrected chi connectivity index (χ1v) is 50.3. The maximum absolute atomic E-state index is 10.7. The summed E-state index contributed by atoms with van der Waals surface area (Å²) in [5, 5.41) is 77.4. The van der Waals surface area contributed by atoms with Crippen LogP contribution in [0.2, 0.25) is 0 Å². The minimum Gasteiger partial charge on any atom is -0.490 e. The van der Waals surface area contributed by atoms with Crippen LogP contribution in [0.25, 0.3) is 90.5 Å². The van der Waals surface area contributed by atoms with Crippen LogP contribution in [0.1, 0.15) is 132 Å². The topological polar surface area (TPSA) is 342 Å². The molecule has 4 saturated heterocycles. The molecule has 722 valence electrons. The number of rotatable bonds is 30. The molecule has 138 heavy (non-hydrogen) atoms. The molecule has 16 aromatic rings. The van der Waals surface area contributed by atoms with Crippen LogP contribution in [-0.2, 0) is 6.42 Å². The Morgan fingerprint density at radius 3 is 1.03 bits per heavy atom. The highest BCUT2D eigenvalue weighted by atomic mass is 32.2. The lowest BCUT2D eigenvalue weighted by Crippen LogP contribution is -2.47. The molecule has 4 fully saturated rings. The molecule has 0 radical (unpaired) electrons. The van der Waals surface area contributed by atoms with Gasteiger partial charge in [0.1, 0.15) is 96.2 Å². The van der Waals surface area contributed by atoms with Gasteiger partial charge in [-0.1, -0.05) is 84.4 Å². The summed E-state index contributed by atoms with van der Waals surface area (Å²) >= 11 is 3.56. The lowest BCUT2D eigenvalue weighted by Gasteiger charge is -2.38. The Hall–Kier alpha value is -12.1. The maximum atomic E-state index is 10.7. The van der Waals surface area contributed by atoms with Gasteiger partial charge in [-0.15, -0.1) is 64.3 Å². The summed E-state index contributed by atoms with van der Waals surface area (Å²) < 4.78 is 69.3. The van der Waals surface area contributed by atoms with Gasteiger partial charge in [0.05, 0.1) is 21.5 Å². The number of nitrogens with zero attached hydrogens (tertiary/aromatic N) is 13. The van der Waals surface area contributed by atoms with E-state index in [2.05, 4.69) is 184 Å². The average Bonchev–Trinajstić information content (AvgIpc) is 1.65. The average molecular weight is 1910 g/mol. The molecule has 31 heteroatoms. The van der Waals surface area contributed by atoms with Gasteiger partial charge in [0.2, 0.25) is 23.6 Å². The van der Waals surface area contributed by atoms with Crippen molar-refractivity contribution in [3.8, 4) is 69.6 Å². The van der Waals surface area contributed by atoms with Crippen molar-refractivity contribution in [2.24, 2.45) is 0 Å². The number of para-hydroxylation sites is 1. The second-order valence-electron chi connectivity index (χ2n) is 36.7. The first-order valence-electron chi connectivity index (χ1n) is 47.8. The molecule has 0 aliphatic carbocycles. The number of benzene rings is 8. The van der Waals surface area contributed by atoms with E-state index >= 15 is 0 Å². The van der Waals surface area contributed by atoms with Crippen molar-refractivity contribution in [3.05, 3.63) is 244 Å². The maximum Gasteiger partial charge on any atom is 0.283 e. The third-order valence-electron chi connectivity index (χ3n) is 26.6. The Morgan fingerprint density at radius 2 is 0.674 bits per heavy atom. The minimum absolute atomic E-state index is 0.217. The van der Waals surface area contributed by atoms with Crippen LogP contribution in [-0.4, -0.2) is 235 Å². The number of anilines is 1. The Bertz CT molecular complexity index is 6660. The molecule has 8 aromatic heterocycles. The van der Waals surface area contributed by atoms with Gasteiger partial charge in [0.15, 0.2) is 23.0 Å². The van der Waals surface area contributed by atoms with Crippen LogP contribution >= 0.6 is 23.5 Å². The van der Waals surface area contributed by atoms with Gasteiger partial charge >= 0.3 is 0 Å². The number of piperidine rings is 4. The molecule has 5 aliphatic rings. The fraction of sp³-hybridized carbons (Fsp3) is 0.402. The summed E-state index contributed by atoms with van der Waals surface area (Å²) in [4.78, 5) is 14.6. The van der Waals surface area contributed by atoms with Crippen molar-refractivity contribution in [2.75, 3.05) is 129 Å². The monoisotopic (exact) mass is 1910 g/mol. The first-order chi connectivity index (χ1) is 67.2. The molecule has 4 unspecified atom stereocenters. The number of ether oxygens (including phenoxy) is 4. The van der Waals surface area contributed by atoms with Gasteiger partial charge in [-0.05, 0) is 260 Å². The molecule has 0 bridgehead atoms. The molecule has 0 saturated carbocycles. The van der Waals surface area contributed by atoms with E-state index in [1.807, 2.05) is 97.1 Å². The fourth-order valence-corrected chi connectivity index (χ4v) is 20.7. The Kier molecular flexibility index (Phi) is 31.2. The molecular weight excluding hydrogens is 1790 g/mol. The lowest BCUT2D eigenvalue weighted by molar-refractivity contribution is 0.0598. The summed E-state index contributed by atoms with van der Waals surface area (Å²) in [6.45, 7) is 25.9. The third-order valence-corrected chi connectivity index (χ3v) is 28.1. The molecular formula is C107H121N13O16S2. The van der Waals surface area contributed by atoms with Crippen molar-refractivity contribution in [3.63, 3.8) is 0 Å². The third kappa shape index (κ3) is 23.9. The Balaban J connectivity index is 0.000000122. The number of aliphatic hydroxyl groups is 4. The van der Waals surface area contributed by atoms with E-state index in [-0.39, 0.29) is 26.4 Å². The summed E-state index contributed by atoms with van der Waals surface area (Å²) in [7, 11) is 0. The standard InChI is InChI=1S/C28H33N3O4.C27H30N4O4.2C26H29N3O4S/c1-17-12-18(2)27(19(3)13-17)21-8-10-31(11-9-21)15-22(32)16-33-24-6-5-7-25-23(24)14-26(35-25)28-30-29-20(4)34-28;1-18-28-29-27(34-18)26-15-22-24(7-4-8-25(22)35-26)33-17-21(32)16-30-12-10-20(11-13-30)31-14-9-19-5-2-3-6-23(19)31;1-17-27-28-26(32-17)25-14-22-23(7-4-8-24(22)33-25)31-16-20(30)15-29-11-9-18(10-12-29)19-5-3-6-21(13-19)34-2;1-17-27-28-26(32-17)25-14-22-23(4-3-5-24(22)33-25)31-16-20(30)15-29-12-10-19(11-13-29)18-6-8-21(34-2)9-7-18/h5-7,12-14,21-22,32H,8-11,15-16H2,1-4H3;2-8,15,20-21,32H,9-14,16-17H2,1H3;3-8,13-14,18,20,30H,9-12,15-16H2,1-2H3;3-9,14,19-20,30H,10-13,15-16H2,1-2H3. The fourth-order valence-electron chi connectivity index (χ4n) is 19.9. The summed E-state index contributed by atoms with van der Waals surface area (Å²) in [5.41, 5.74) is 14.1. The van der Waals surface area contributed by atoms with Crippen molar-refractivity contribution in [1.29, 1.82) is 0 Å². The van der Waals surface area contributed by atoms with E-state index in [4.69, 9.17) is 54.3 Å². The van der Waals surface area contributed by atoms with Crippen molar-refractivity contribution >= 4 is 73.1 Å². The van der Waals surface area contributed by atoms with Crippen LogP contribution in [0.5, 0.6) is 23.0 Å². The predicted octanol–water partition coefficient (Wildman–Crippen LogP) is 19.7. The van der Waals surface area contributed by atoms with Crippen molar-refractivity contribution < 1.29 is 74.7 Å². The van der Waals surface area contributed by atoms with E-state index in [0.29, 0.717) is 165 Å². The molecule has 0 amide bonds. The van der Waals surface area contributed by atoms with E-state index in [0.717, 1.165) is 138 Å². The largest absolute Gasteiger partial charge is 0.490 e. The molecule has 4 atom stereocenters. The van der Waals surface area contributed by atoms with Gasteiger partial charge < -0.3 is 99.2 Å². The summed E-state index contributed by atoms with van der Waals surface area (Å²) in [6, 6.07) is 61.6. The number of hydrogen-bond acceptors (Lipinski definition) is 31. The number of likely N-dealkylation sites (tertiary alicyclic amines) is 4. The van der Waals surface area contributed by atoms with Gasteiger partial charge in [-0.2, -0.15) is 0 Å². The van der Waals surface area contributed by atoms with Crippen LogP contribution < -0.4 is 23.8 Å². The molecule has 0 spiro atoms. The number of fused-ring (bicyclic) bond motifs is 5. The van der Waals surface area contributed by atoms with E-state index in [9.17, 15) is 20.4 Å². The number of aromatic nitrogens is 8. The van der Waals surface area contributed by atoms with Crippen molar-refractivity contribution in [2.45, 2.75) is 164 Å². The molecule has 21 rings (SSSR count). The zero-order chi connectivity index (χ0) is 95.3. The summed E-state index contributed by atoms with van der Waals surface area (Å²) in [5.74, 6) is 9.69. The van der Waals surface area contributed by atoms with Gasteiger partial charge in [0.25, 0.3) is 23.6 Å². The van der Waals surface area contributed by atoms with Crippen LogP contribution in [0.3, 0.4) is 0 Å². The van der Waals surface area contributed by atoms with Crippen LogP contribution in [0.4, 0.5) is 5.69 Å². The van der Waals surface area contributed by atoms with E-state index < -0.39 is 24.4 Å². The number of hydrogen-bond donors (Lipinski definition) is 4. The highest BCUT2D eigenvalue weighted by molar-refractivity contribution is 7.98. The minimum atomic E-state index is -0.574. The number of thioether (sulfide) groups is 2. The summed E-state index contributed by atoms with van der Waals surface area (Å²) in [6.07, 6.45) is 12.0. The molecule has 13 heterocycles. The molecule has 8 aromatic carbocycles. The van der Waals surface area contributed by atoms with Gasteiger partial charge in [-0.3, -0.25) is 0 Å². The predicted molar refractivity (Wildman–Crippen MR) is 532 cm³/mol. The number of aryl methyl sites for hydroxylation is 7. The van der Waals surface area contributed by atoms with Crippen LogP contribution in [0.15, 0.2) is 227 Å². The second-order valence-corrected chi connectivity index (χ2v) is 38.4. The second kappa shape index (κ2) is 44.8. The SMILES string of the molecule is CSc1ccc(C2CCN(CC(O)COc3cccc4oc(-c5nnc(C)o5)cc34)CC2)cc1.CSc1cccc(C2CCN(CC(O)COc3cccc4oc(-c5nnc(C)o5)cc34)CC2)c1.Cc1cc(C)c(C2CCN(CC(O)COc3cccc4oc(-c5nnc(C)o5)cc34)CC2)c(C)c1.Cc1nnc(-c2cc3c(OCC(O)CN4CCC(N5CCc6ccccc65)CC4)cccc3o2)o1. The van der Waals surface area contributed by atoms with Crippen LogP contribution in [0, 0.1) is 48.5 Å². The normalized spacial score (nSPS) is 16.6. The van der Waals surface area contributed by atoms with Gasteiger partial charge in [0, 0.05) is 119 Å². The van der Waals surface area contributed by atoms with E-state index in [1.165, 1.54) is 54.4 Å². The Labute approximate surface area is 810 Å². The highest BCUT2D eigenvalue weighted by Crippen LogP contribution is 2.42. The number of aliphatic hydroxyl groups excluding tert-OH is 4. The van der Waals surface area contributed by atoms with Gasteiger partial charge in [-0.25, -0.2) is 0 Å². The highest BCUT2D eigenvalue weighted by Gasteiger charge is 2.33. The zero-order valence-electron chi connectivity index (χ0n) is 79.6. The lowest BCUT2D eigenvalue weighted by atomic mass is 9.83. The number of furan rings is 4. The zero-order valence-corrected chi connectivity index (χ0v) is 81.3. The quantitative estimate of drug-likeness (QED) is 0.0304. The van der Waals surface area contributed by atoms with Crippen molar-refractivity contribution in [1.82, 2.24) is 60.4 Å². The Morgan fingerprint density at radius 1 is 0.333 bits per heavy atom.